The Hall–Kier alpha value is -6.64. The van der Waals surface area contributed by atoms with Crippen LogP contribution in [0.1, 0.15) is 0 Å². The van der Waals surface area contributed by atoms with E-state index in [1.165, 1.54) is 65.3 Å². The third-order valence-electron chi connectivity index (χ3n) is 10.1. The van der Waals surface area contributed by atoms with Crippen molar-refractivity contribution in [1.29, 1.82) is 0 Å². The number of hydrogen-bond donors (Lipinski definition) is 0. The molecule has 1 heterocycles. The molecule has 0 aliphatic heterocycles. The van der Waals surface area contributed by atoms with Crippen molar-refractivity contribution in [3.63, 3.8) is 0 Å². The Morgan fingerprint density at radius 3 is 1.62 bits per heavy atom. The molecular weight excluding hydrogens is 605 g/mol. The van der Waals surface area contributed by atoms with Gasteiger partial charge in [0.25, 0.3) is 0 Å². The number of aromatic nitrogens is 1. The molecule has 0 radical (unpaired) electrons. The second-order valence-electron chi connectivity index (χ2n) is 13.0. The molecule has 0 amide bonds. The third kappa shape index (κ3) is 4.57. The van der Waals surface area contributed by atoms with E-state index in [1.807, 2.05) is 0 Å². The smallest absolute Gasteiger partial charge is 0.0542 e. The van der Waals surface area contributed by atoms with Crippen molar-refractivity contribution in [3.05, 3.63) is 194 Å². The summed E-state index contributed by atoms with van der Waals surface area (Å²) in [6, 6.07) is 70.5. The van der Waals surface area contributed by atoms with Crippen LogP contribution in [0.15, 0.2) is 194 Å². The fourth-order valence-corrected chi connectivity index (χ4v) is 7.78. The van der Waals surface area contributed by atoms with Crippen LogP contribution in [0.3, 0.4) is 0 Å². The number of para-hydroxylation sites is 2. The molecule has 1 aromatic heterocycles. The largest absolute Gasteiger partial charge is 0.310 e. The maximum atomic E-state index is 2.39. The Labute approximate surface area is 290 Å². The molecule has 50 heavy (non-hydrogen) atoms. The molecule has 0 aliphatic carbocycles. The summed E-state index contributed by atoms with van der Waals surface area (Å²) in [5, 5.41) is 10.1. The number of hydrogen-bond acceptors (Lipinski definition) is 1. The minimum atomic E-state index is 1.12. The second kappa shape index (κ2) is 11.5. The van der Waals surface area contributed by atoms with E-state index in [9.17, 15) is 0 Å². The van der Waals surface area contributed by atoms with E-state index in [2.05, 4.69) is 204 Å². The molecule has 0 N–H and O–H groups in total. The molecule has 0 saturated carbocycles. The van der Waals surface area contributed by atoms with Crippen molar-refractivity contribution < 1.29 is 0 Å². The molecule has 0 fully saturated rings. The highest BCUT2D eigenvalue weighted by Gasteiger charge is 2.18. The molecule has 0 aliphatic rings. The Morgan fingerprint density at radius 1 is 0.300 bits per heavy atom. The van der Waals surface area contributed by atoms with Gasteiger partial charge in [0.1, 0.15) is 0 Å². The average Bonchev–Trinajstić information content (AvgIpc) is 3.52. The first-order valence-electron chi connectivity index (χ1n) is 17.2. The van der Waals surface area contributed by atoms with Crippen molar-refractivity contribution in [1.82, 2.24) is 4.57 Å². The summed E-state index contributed by atoms with van der Waals surface area (Å²) in [6.45, 7) is 0. The maximum Gasteiger partial charge on any atom is 0.0542 e. The third-order valence-corrected chi connectivity index (χ3v) is 10.1. The van der Waals surface area contributed by atoms with Crippen molar-refractivity contribution in [2.75, 3.05) is 4.90 Å². The van der Waals surface area contributed by atoms with Crippen LogP contribution >= 0.6 is 0 Å². The number of fused-ring (bicyclic) bond motifs is 8. The minimum absolute atomic E-state index is 1.12. The van der Waals surface area contributed by atoms with Gasteiger partial charge in [0.2, 0.25) is 0 Å². The van der Waals surface area contributed by atoms with Crippen LogP contribution in [0.4, 0.5) is 17.1 Å². The Morgan fingerprint density at radius 2 is 0.840 bits per heavy atom. The van der Waals surface area contributed by atoms with E-state index in [0.29, 0.717) is 0 Å². The van der Waals surface area contributed by atoms with E-state index in [0.717, 1.165) is 22.7 Å². The molecule has 234 valence electrons. The first kappa shape index (κ1) is 28.4. The molecule has 10 aromatic rings. The van der Waals surface area contributed by atoms with Crippen LogP contribution in [0.2, 0.25) is 0 Å². The molecule has 0 unspecified atom stereocenters. The number of rotatable bonds is 5. The van der Waals surface area contributed by atoms with Crippen molar-refractivity contribution in [3.8, 4) is 16.8 Å². The molecule has 0 spiro atoms. The summed E-state index contributed by atoms with van der Waals surface area (Å²) in [5.41, 5.74) is 9.35. The summed E-state index contributed by atoms with van der Waals surface area (Å²) < 4.78 is 2.39. The summed E-state index contributed by atoms with van der Waals surface area (Å²) in [5.74, 6) is 0. The Balaban J connectivity index is 1.15. The van der Waals surface area contributed by atoms with Crippen molar-refractivity contribution >= 4 is 71.2 Å². The van der Waals surface area contributed by atoms with Gasteiger partial charge in [-0.25, -0.2) is 0 Å². The summed E-state index contributed by atoms with van der Waals surface area (Å²) >= 11 is 0. The van der Waals surface area contributed by atoms with Crippen LogP contribution in [-0.4, -0.2) is 4.57 Å². The van der Waals surface area contributed by atoms with Gasteiger partial charge in [0.05, 0.1) is 11.0 Å². The summed E-state index contributed by atoms with van der Waals surface area (Å²) in [7, 11) is 0. The van der Waals surface area contributed by atoms with Crippen LogP contribution in [0, 0.1) is 0 Å². The van der Waals surface area contributed by atoms with E-state index < -0.39 is 0 Å². The molecule has 9 aromatic carbocycles. The molecule has 0 atom stereocenters. The predicted molar refractivity (Wildman–Crippen MR) is 213 cm³/mol. The van der Waals surface area contributed by atoms with Gasteiger partial charge in [0.15, 0.2) is 0 Å². The zero-order valence-corrected chi connectivity index (χ0v) is 27.4. The zero-order valence-electron chi connectivity index (χ0n) is 27.4. The van der Waals surface area contributed by atoms with Crippen LogP contribution in [0.25, 0.3) is 70.9 Å². The average molecular weight is 637 g/mol. The molecule has 10 rings (SSSR count). The monoisotopic (exact) mass is 636 g/mol. The van der Waals surface area contributed by atoms with Crippen LogP contribution < -0.4 is 4.90 Å². The van der Waals surface area contributed by atoms with E-state index in [1.54, 1.807) is 0 Å². The van der Waals surface area contributed by atoms with Gasteiger partial charge >= 0.3 is 0 Å². The fraction of sp³-hybridized carbons (Fsp3) is 0. The Bertz CT molecular complexity index is 2850. The lowest BCUT2D eigenvalue weighted by Crippen LogP contribution is -2.09. The van der Waals surface area contributed by atoms with Gasteiger partial charge in [-0.05, 0) is 104 Å². The lowest BCUT2D eigenvalue weighted by atomic mass is 9.96. The van der Waals surface area contributed by atoms with Gasteiger partial charge in [0, 0.05) is 33.5 Å². The second-order valence-corrected chi connectivity index (χ2v) is 13.0. The van der Waals surface area contributed by atoms with Gasteiger partial charge < -0.3 is 9.47 Å². The lowest BCUT2D eigenvalue weighted by Gasteiger charge is -2.26. The maximum absolute atomic E-state index is 2.39. The number of benzene rings is 9. The van der Waals surface area contributed by atoms with Crippen LogP contribution in [-0.2, 0) is 0 Å². The predicted octanol–water partition coefficient (Wildman–Crippen LogP) is 13.4. The quantitative estimate of drug-likeness (QED) is 0.171. The van der Waals surface area contributed by atoms with E-state index in [-0.39, 0.29) is 0 Å². The molecule has 2 heteroatoms. The Kier molecular flexibility index (Phi) is 6.53. The minimum Gasteiger partial charge on any atom is -0.310 e. The first-order chi connectivity index (χ1) is 24.8. The molecule has 0 bridgehead atoms. The fourth-order valence-electron chi connectivity index (χ4n) is 7.78. The standard InChI is InChI=1S/C48H32N2/c1-3-11-33(12-4-1)34-19-24-38(25-20-34)50-47-18-10-9-17-44(47)46-32-40(27-30-48(46)50)49(37-14-5-2-6-15-37)39-26-21-36-23-28-42-41-16-8-7-13-35(41)22-29-43(42)45(36)31-39/h1-32H. The van der Waals surface area contributed by atoms with Crippen molar-refractivity contribution in [2.24, 2.45) is 0 Å². The summed E-state index contributed by atoms with van der Waals surface area (Å²) in [6.07, 6.45) is 0. The highest BCUT2D eigenvalue weighted by molar-refractivity contribution is 6.18. The van der Waals surface area contributed by atoms with Crippen LogP contribution in [0.5, 0.6) is 0 Å². The first-order valence-corrected chi connectivity index (χ1v) is 17.2. The van der Waals surface area contributed by atoms with E-state index >= 15 is 0 Å². The number of anilines is 3. The van der Waals surface area contributed by atoms with Gasteiger partial charge in [-0.1, -0.05) is 133 Å². The summed E-state index contributed by atoms with van der Waals surface area (Å²) in [4.78, 5) is 2.39. The number of nitrogens with zero attached hydrogens (tertiary/aromatic N) is 2. The molecular formula is C48H32N2. The van der Waals surface area contributed by atoms with E-state index in [4.69, 9.17) is 0 Å². The molecule has 0 saturated heterocycles. The zero-order chi connectivity index (χ0) is 33.0. The van der Waals surface area contributed by atoms with Gasteiger partial charge in [-0.2, -0.15) is 0 Å². The highest BCUT2D eigenvalue weighted by atomic mass is 15.1. The van der Waals surface area contributed by atoms with Gasteiger partial charge in [-0.15, -0.1) is 0 Å². The topological polar surface area (TPSA) is 8.17 Å². The highest BCUT2D eigenvalue weighted by Crippen LogP contribution is 2.41. The van der Waals surface area contributed by atoms with Gasteiger partial charge in [-0.3, -0.25) is 0 Å². The lowest BCUT2D eigenvalue weighted by molar-refractivity contribution is 1.18. The van der Waals surface area contributed by atoms with Crippen molar-refractivity contribution in [2.45, 2.75) is 0 Å². The normalized spacial score (nSPS) is 11.6. The SMILES string of the molecule is c1ccc(-c2ccc(-n3c4ccccc4c4cc(N(c5ccccc5)c5ccc6ccc7c8ccccc8ccc7c6c5)ccc43)cc2)cc1. The molecule has 2 nitrogen and oxygen atoms in total.